The molecule has 0 atom stereocenters. The van der Waals surface area contributed by atoms with Crippen LogP contribution in [0.4, 0.5) is 0 Å². The van der Waals surface area contributed by atoms with Crippen molar-refractivity contribution in [2.75, 3.05) is 0 Å². The van der Waals surface area contributed by atoms with Crippen LogP contribution in [0.3, 0.4) is 0 Å². The van der Waals surface area contributed by atoms with E-state index >= 15 is 0 Å². The molecule has 0 aliphatic carbocycles. The highest BCUT2D eigenvalue weighted by atomic mass is 28.4. The molecule has 1 aliphatic rings. The third kappa shape index (κ3) is 1.61. The standard InChI is InChI=1S/C15H22OSi2/c1-10-8-14-15(9-13(10)11(2)16)18(6,7)12(3)17(14,4)5/h8-9H,3H2,1-2,4-7H3. The van der Waals surface area contributed by atoms with Gasteiger partial charge in [0.1, 0.15) is 16.1 Å². The van der Waals surface area contributed by atoms with Crippen LogP contribution in [0, 0.1) is 6.92 Å². The van der Waals surface area contributed by atoms with Gasteiger partial charge in [-0.15, -0.1) is 6.58 Å². The number of hydrogen-bond acceptors (Lipinski definition) is 1. The number of fused-ring (bicyclic) bond motifs is 1. The molecule has 1 aromatic rings. The molecule has 0 fully saturated rings. The Hall–Kier alpha value is -0.936. The highest BCUT2D eigenvalue weighted by molar-refractivity contribution is 7.22. The number of ketones is 1. The van der Waals surface area contributed by atoms with E-state index in [0.29, 0.717) is 0 Å². The van der Waals surface area contributed by atoms with Crippen molar-refractivity contribution in [3.63, 3.8) is 0 Å². The molecule has 2 rings (SSSR count). The van der Waals surface area contributed by atoms with Gasteiger partial charge in [0, 0.05) is 5.56 Å². The van der Waals surface area contributed by atoms with Gasteiger partial charge in [0.15, 0.2) is 5.78 Å². The van der Waals surface area contributed by atoms with Crippen LogP contribution in [0.15, 0.2) is 23.5 Å². The number of rotatable bonds is 1. The van der Waals surface area contributed by atoms with Crippen LogP contribution in [0.2, 0.25) is 26.2 Å². The van der Waals surface area contributed by atoms with Gasteiger partial charge in [-0.1, -0.05) is 53.5 Å². The van der Waals surface area contributed by atoms with Crippen molar-refractivity contribution in [1.29, 1.82) is 0 Å². The van der Waals surface area contributed by atoms with E-state index in [0.717, 1.165) is 11.1 Å². The molecule has 0 spiro atoms. The highest BCUT2D eigenvalue weighted by Gasteiger charge is 2.48. The van der Waals surface area contributed by atoms with E-state index in [2.05, 4.69) is 51.8 Å². The molecule has 0 saturated carbocycles. The zero-order valence-electron chi connectivity index (χ0n) is 12.3. The Morgan fingerprint density at radius 2 is 1.50 bits per heavy atom. The van der Waals surface area contributed by atoms with Gasteiger partial charge in [-0.25, -0.2) is 0 Å². The molecular formula is C15H22OSi2. The van der Waals surface area contributed by atoms with E-state index in [9.17, 15) is 4.79 Å². The number of hydrogen-bond donors (Lipinski definition) is 0. The Kier molecular flexibility index (Phi) is 2.83. The Bertz CT molecular complexity index is 568. The van der Waals surface area contributed by atoms with E-state index in [4.69, 9.17) is 0 Å². The smallest absolute Gasteiger partial charge is 0.160 e. The lowest BCUT2D eigenvalue weighted by atomic mass is 10.1. The maximum absolute atomic E-state index is 11.7. The highest BCUT2D eigenvalue weighted by Crippen LogP contribution is 2.30. The van der Waals surface area contributed by atoms with Gasteiger partial charge >= 0.3 is 0 Å². The third-order valence-electron chi connectivity index (χ3n) is 4.60. The van der Waals surface area contributed by atoms with Gasteiger partial charge in [0.05, 0.1) is 0 Å². The first-order valence-corrected chi connectivity index (χ1v) is 12.5. The van der Waals surface area contributed by atoms with E-state index in [1.54, 1.807) is 6.92 Å². The summed E-state index contributed by atoms with van der Waals surface area (Å²) in [7, 11) is -3.12. The Labute approximate surface area is 112 Å². The summed E-state index contributed by atoms with van der Waals surface area (Å²) in [6.45, 7) is 17.7. The van der Waals surface area contributed by atoms with Crippen molar-refractivity contribution < 1.29 is 4.79 Å². The predicted molar refractivity (Wildman–Crippen MR) is 84.6 cm³/mol. The summed E-state index contributed by atoms with van der Waals surface area (Å²) in [5, 5.41) is 2.98. The average molecular weight is 275 g/mol. The Morgan fingerprint density at radius 3 is 1.94 bits per heavy atom. The minimum Gasteiger partial charge on any atom is -0.295 e. The lowest BCUT2D eigenvalue weighted by molar-refractivity contribution is 0.101. The van der Waals surface area contributed by atoms with Crippen molar-refractivity contribution in [2.24, 2.45) is 0 Å². The van der Waals surface area contributed by atoms with Crippen LogP contribution >= 0.6 is 0 Å². The average Bonchev–Trinajstić information content (AvgIpc) is 2.37. The topological polar surface area (TPSA) is 17.1 Å². The summed E-state index contributed by atoms with van der Waals surface area (Å²) in [5.41, 5.74) is 2.02. The number of carbonyl (C=O) groups excluding carboxylic acids is 1. The summed E-state index contributed by atoms with van der Waals surface area (Å²) < 4.78 is 0. The molecular weight excluding hydrogens is 252 g/mol. The monoisotopic (exact) mass is 274 g/mol. The zero-order valence-corrected chi connectivity index (χ0v) is 14.3. The molecule has 1 aromatic carbocycles. The molecule has 0 bridgehead atoms. The molecule has 0 amide bonds. The molecule has 1 aliphatic heterocycles. The van der Waals surface area contributed by atoms with Gasteiger partial charge in [0.2, 0.25) is 0 Å². The number of Topliss-reactive ketones (excluding diaryl/α,β-unsaturated/α-hetero) is 1. The fourth-order valence-electron chi connectivity index (χ4n) is 3.23. The van der Waals surface area contributed by atoms with Crippen molar-refractivity contribution >= 4 is 32.3 Å². The maximum Gasteiger partial charge on any atom is 0.160 e. The largest absolute Gasteiger partial charge is 0.295 e. The van der Waals surface area contributed by atoms with Crippen LogP contribution < -0.4 is 10.4 Å². The van der Waals surface area contributed by atoms with Crippen LogP contribution in [0.5, 0.6) is 0 Å². The second-order valence-electron chi connectivity index (χ2n) is 6.50. The van der Waals surface area contributed by atoms with Crippen LogP contribution in [-0.4, -0.2) is 21.9 Å². The van der Waals surface area contributed by atoms with E-state index in [1.165, 1.54) is 15.2 Å². The number of aryl methyl sites for hydroxylation is 1. The molecule has 0 unspecified atom stereocenters. The molecule has 0 radical (unpaired) electrons. The van der Waals surface area contributed by atoms with Crippen LogP contribution in [-0.2, 0) is 0 Å². The van der Waals surface area contributed by atoms with Gasteiger partial charge < -0.3 is 0 Å². The molecule has 1 heterocycles. The van der Waals surface area contributed by atoms with E-state index in [-0.39, 0.29) is 5.78 Å². The normalized spacial score (nSPS) is 19.8. The van der Waals surface area contributed by atoms with Crippen molar-refractivity contribution in [1.82, 2.24) is 0 Å². The lowest BCUT2D eigenvalue weighted by Crippen LogP contribution is -2.44. The van der Waals surface area contributed by atoms with E-state index < -0.39 is 16.1 Å². The maximum atomic E-state index is 11.7. The van der Waals surface area contributed by atoms with Gasteiger partial charge in [-0.05, 0) is 19.4 Å². The van der Waals surface area contributed by atoms with E-state index in [1.807, 2.05) is 0 Å². The zero-order chi connectivity index (χ0) is 13.9. The first-order chi connectivity index (χ1) is 8.10. The Morgan fingerprint density at radius 1 is 1.06 bits per heavy atom. The van der Waals surface area contributed by atoms with Crippen molar-refractivity contribution in [2.45, 2.75) is 40.0 Å². The fourth-order valence-corrected chi connectivity index (χ4v) is 15.4. The minimum atomic E-state index is -1.58. The van der Waals surface area contributed by atoms with Gasteiger partial charge in [-0.3, -0.25) is 4.79 Å². The quantitative estimate of drug-likeness (QED) is 0.568. The second kappa shape index (κ2) is 3.78. The first kappa shape index (κ1) is 13.5. The molecule has 0 saturated heterocycles. The fraction of sp³-hybridized carbons (Fsp3) is 0.400. The summed E-state index contributed by atoms with van der Waals surface area (Å²) in [5.74, 6) is 0.178. The predicted octanol–water partition coefficient (Wildman–Crippen LogP) is 2.68. The van der Waals surface area contributed by atoms with Crippen LogP contribution in [0.1, 0.15) is 22.8 Å². The minimum absolute atomic E-state index is 0.178. The molecule has 18 heavy (non-hydrogen) atoms. The Balaban J connectivity index is 2.81. The molecule has 1 nitrogen and oxygen atoms in total. The third-order valence-corrected chi connectivity index (χ3v) is 15.1. The summed E-state index contributed by atoms with van der Waals surface area (Å²) in [6, 6.07) is 4.44. The number of carbonyl (C=O) groups is 1. The first-order valence-electron chi connectivity index (χ1n) is 6.46. The summed E-state index contributed by atoms with van der Waals surface area (Å²) in [4.78, 5) is 13.2. The van der Waals surface area contributed by atoms with Crippen molar-refractivity contribution in [3.8, 4) is 0 Å². The summed E-state index contributed by atoms with van der Waals surface area (Å²) in [6.07, 6.45) is 0. The molecule has 3 heteroatoms. The van der Waals surface area contributed by atoms with Crippen molar-refractivity contribution in [3.05, 3.63) is 34.7 Å². The van der Waals surface area contributed by atoms with Gasteiger partial charge in [-0.2, -0.15) is 0 Å². The SMILES string of the molecule is C=C1[Si](C)(C)c2cc(C)c(C(C)=O)cc2[Si]1(C)C. The number of benzene rings is 1. The van der Waals surface area contributed by atoms with Crippen LogP contribution in [0.25, 0.3) is 0 Å². The van der Waals surface area contributed by atoms with Gasteiger partial charge in [0.25, 0.3) is 0 Å². The second-order valence-corrected chi connectivity index (χ2v) is 15.8. The summed E-state index contributed by atoms with van der Waals surface area (Å²) >= 11 is 0. The molecule has 96 valence electrons. The molecule has 0 aromatic heterocycles. The molecule has 0 N–H and O–H groups in total. The lowest BCUT2D eigenvalue weighted by Gasteiger charge is -2.24.